The van der Waals surface area contributed by atoms with E-state index in [2.05, 4.69) is 20.4 Å². The fourth-order valence-corrected chi connectivity index (χ4v) is 1.51. The van der Waals surface area contributed by atoms with Crippen molar-refractivity contribution >= 4 is 5.97 Å². The van der Waals surface area contributed by atoms with Gasteiger partial charge in [0, 0.05) is 5.57 Å². The minimum Gasteiger partial charge on any atom is -0.478 e. The van der Waals surface area contributed by atoms with Crippen molar-refractivity contribution in [3.05, 3.63) is 12.2 Å². The molecule has 1 aliphatic rings. The van der Waals surface area contributed by atoms with Crippen LogP contribution in [0.2, 0.25) is 0 Å². The molecule has 0 atom stereocenters. The van der Waals surface area contributed by atoms with Crippen LogP contribution in [0.3, 0.4) is 0 Å². The third-order valence-electron chi connectivity index (χ3n) is 2.57. The summed E-state index contributed by atoms with van der Waals surface area (Å²) < 4.78 is 0. The summed E-state index contributed by atoms with van der Waals surface area (Å²) >= 11 is 0. The minimum atomic E-state index is -0.935. The van der Waals surface area contributed by atoms with Gasteiger partial charge in [-0.15, -0.1) is 0 Å². The van der Waals surface area contributed by atoms with Gasteiger partial charge >= 0.3 is 5.97 Å². The molecule has 1 saturated carbocycles. The van der Waals surface area contributed by atoms with E-state index in [0.29, 0.717) is 5.41 Å². The molecule has 0 aliphatic heterocycles. The van der Waals surface area contributed by atoms with Crippen LogP contribution in [-0.4, -0.2) is 11.1 Å². The third kappa shape index (κ3) is 6.70. The Hall–Kier alpha value is -0.790. The molecule has 82 valence electrons. The summed E-state index contributed by atoms with van der Waals surface area (Å²) in [6, 6.07) is 0. The van der Waals surface area contributed by atoms with E-state index >= 15 is 0 Å². The largest absolute Gasteiger partial charge is 0.478 e. The summed E-state index contributed by atoms with van der Waals surface area (Å²) in [4.78, 5) is 9.60. The first kappa shape index (κ1) is 13.2. The van der Waals surface area contributed by atoms with Gasteiger partial charge in [-0.25, -0.2) is 4.79 Å². The van der Waals surface area contributed by atoms with Crippen LogP contribution in [0, 0.1) is 5.41 Å². The summed E-state index contributed by atoms with van der Waals surface area (Å²) in [6.45, 7) is 9.36. The van der Waals surface area contributed by atoms with E-state index in [1.165, 1.54) is 39.0 Å². The molecule has 0 unspecified atom stereocenters. The van der Waals surface area contributed by atoms with Gasteiger partial charge in [0.2, 0.25) is 0 Å². The smallest absolute Gasteiger partial charge is 0.330 e. The van der Waals surface area contributed by atoms with Gasteiger partial charge in [-0.05, 0) is 25.2 Å². The first-order valence-corrected chi connectivity index (χ1v) is 5.24. The number of hydrogen-bond acceptors (Lipinski definition) is 1. The zero-order chi connectivity index (χ0) is 11.2. The van der Waals surface area contributed by atoms with E-state index < -0.39 is 5.97 Å². The quantitative estimate of drug-likeness (QED) is 0.653. The van der Waals surface area contributed by atoms with Crippen molar-refractivity contribution in [3.63, 3.8) is 0 Å². The van der Waals surface area contributed by atoms with Gasteiger partial charge < -0.3 is 5.11 Å². The summed E-state index contributed by atoms with van der Waals surface area (Å²) in [5, 5.41) is 7.89. The summed E-state index contributed by atoms with van der Waals surface area (Å²) in [5.74, 6) is -0.935. The summed E-state index contributed by atoms with van der Waals surface area (Å²) in [7, 11) is 0. The molecule has 0 radical (unpaired) electrons. The maximum Gasteiger partial charge on any atom is 0.330 e. The Balaban J connectivity index is 0.000000255. The Bertz CT molecular complexity index is 184. The normalized spacial score (nSPS) is 19.1. The molecule has 0 amide bonds. The number of hydrogen-bond donors (Lipinski definition) is 1. The standard InChI is InChI=1S/C8H16.C4H6O2/c1-8(2)6-4-3-5-7-8;1-3(2)4(5)6/h3-7H2,1-2H3;1H2,2H3,(H,5,6). The van der Waals surface area contributed by atoms with Crippen LogP contribution in [0.15, 0.2) is 12.2 Å². The molecular formula is C12H22O2. The second-order valence-electron chi connectivity index (χ2n) is 4.81. The van der Waals surface area contributed by atoms with Crippen LogP contribution in [0.5, 0.6) is 0 Å². The topological polar surface area (TPSA) is 37.3 Å². The number of rotatable bonds is 1. The van der Waals surface area contributed by atoms with Crippen LogP contribution in [0.4, 0.5) is 0 Å². The van der Waals surface area contributed by atoms with Crippen molar-refractivity contribution in [3.8, 4) is 0 Å². The fraction of sp³-hybridized carbons (Fsp3) is 0.750. The number of carboxylic acids is 1. The predicted octanol–water partition coefficient (Wildman–Crippen LogP) is 3.62. The Kier molecular flexibility index (Phi) is 5.51. The second kappa shape index (κ2) is 5.84. The molecule has 0 aromatic rings. The van der Waals surface area contributed by atoms with Crippen molar-refractivity contribution in [1.82, 2.24) is 0 Å². The molecule has 2 heteroatoms. The van der Waals surface area contributed by atoms with Gasteiger partial charge in [0.15, 0.2) is 0 Å². The highest BCUT2D eigenvalue weighted by molar-refractivity contribution is 5.84. The lowest BCUT2D eigenvalue weighted by atomic mass is 9.78. The summed E-state index contributed by atoms with van der Waals surface area (Å²) in [6.07, 6.45) is 7.31. The fourth-order valence-electron chi connectivity index (χ4n) is 1.51. The van der Waals surface area contributed by atoms with E-state index in [9.17, 15) is 4.79 Å². The van der Waals surface area contributed by atoms with E-state index in [-0.39, 0.29) is 5.57 Å². The van der Waals surface area contributed by atoms with Gasteiger partial charge in [-0.2, -0.15) is 0 Å². The molecule has 0 spiro atoms. The molecule has 0 saturated heterocycles. The Morgan fingerprint density at radius 1 is 1.21 bits per heavy atom. The average Bonchev–Trinajstić information content (AvgIpc) is 2.04. The molecule has 0 heterocycles. The van der Waals surface area contributed by atoms with Gasteiger partial charge in [0.05, 0.1) is 0 Å². The minimum absolute atomic E-state index is 0.176. The zero-order valence-corrected chi connectivity index (χ0v) is 9.60. The van der Waals surface area contributed by atoms with Crippen LogP contribution in [0.25, 0.3) is 0 Å². The molecule has 1 rings (SSSR count). The maximum absolute atomic E-state index is 9.60. The molecule has 0 bridgehead atoms. The molecule has 2 nitrogen and oxygen atoms in total. The lowest BCUT2D eigenvalue weighted by Gasteiger charge is -2.28. The third-order valence-corrected chi connectivity index (χ3v) is 2.57. The molecule has 0 aromatic heterocycles. The monoisotopic (exact) mass is 198 g/mol. The van der Waals surface area contributed by atoms with Crippen LogP contribution >= 0.6 is 0 Å². The Morgan fingerprint density at radius 3 is 1.71 bits per heavy atom. The highest BCUT2D eigenvalue weighted by Crippen LogP contribution is 2.34. The average molecular weight is 198 g/mol. The van der Waals surface area contributed by atoms with Crippen LogP contribution in [0.1, 0.15) is 52.9 Å². The lowest BCUT2D eigenvalue weighted by Crippen LogP contribution is -2.14. The number of carbonyl (C=O) groups is 1. The van der Waals surface area contributed by atoms with Crippen molar-refractivity contribution in [2.45, 2.75) is 52.9 Å². The SMILES string of the molecule is C=C(C)C(=O)O.CC1(C)CCCCC1. The Morgan fingerprint density at radius 2 is 1.57 bits per heavy atom. The molecule has 1 N–H and O–H groups in total. The van der Waals surface area contributed by atoms with E-state index in [1.807, 2.05) is 0 Å². The molecular weight excluding hydrogens is 176 g/mol. The number of carboxylic acid groups (broad SMARTS) is 1. The van der Waals surface area contributed by atoms with Crippen molar-refractivity contribution < 1.29 is 9.90 Å². The maximum atomic E-state index is 9.60. The molecule has 1 fully saturated rings. The van der Waals surface area contributed by atoms with E-state index in [0.717, 1.165) is 0 Å². The van der Waals surface area contributed by atoms with Gasteiger partial charge in [-0.1, -0.05) is 39.7 Å². The first-order chi connectivity index (χ1) is 6.35. The van der Waals surface area contributed by atoms with Gasteiger partial charge in [-0.3, -0.25) is 0 Å². The van der Waals surface area contributed by atoms with Gasteiger partial charge in [0.25, 0.3) is 0 Å². The van der Waals surface area contributed by atoms with Gasteiger partial charge in [0.1, 0.15) is 0 Å². The van der Waals surface area contributed by atoms with E-state index in [4.69, 9.17) is 5.11 Å². The first-order valence-electron chi connectivity index (χ1n) is 5.24. The highest BCUT2D eigenvalue weighted by atomic mass is 16.4. The van der Waals surface area contributed by atoms with E-state index in [1.54, 1.807) is 0 Å². The zero-order valence-electron chi connectivity index (χ0n) is 9.60. The van der Waals surface area contributed by atoms with Crippen LogP contribution in [-0.2, 0) is 4.79 Å². The molecule has 1 aliphatic carbocycles. The summed E-state index contributed by atoms with van der Waals surface area (Å²) in [5.41, 5.74) is 0.855. The van der Waals surface area contributed by atoms with Crippen molar-refractivity contribution in [2.24, 2.45) is 5.41 Å². The lowest BCUT2D eigenvalue weighted by molar-refractivity contribution is -0.132. The van der Waals surface area contributed by atoms with Crippen molar-refractivity contribution in [1.29, 1.82) is 0 Å². The molecule has 14 heavy (non-hydrogen) atoms. The molecule has 0 aromatic carbocycles. The van der Waals surface area contributed by atoms with Crippen molar-refractivity contribution in [2.75, 3.05) is 0 Å². The number of aliphatic carboxylic acids is 1. The Labute approximate surface area is 87.0 Å². The van der Waals surface area contributed by atoms with Crippen LogP contribution < -0.4 is 0 Å². The highest BCUT2D eigenvalue weighted by Gasteiger charge is 2.19. The second-order valence-corrected chi connectivity index (χ2v) is 4.81. The predicted molar refractivity (Wildman–Crippen MR) is 59.3 cm³/mol.